The summed E-state index contributed by atoms with van der Waals surface area (Å²) in [5, 5.41) is 15.4. The van der Waals surface area contributed by atoms with E-state index in [9.17, 15) is 17.6 Å². The van der Waals surface area contributed by atoms with Gasteiger partial charge in [0, 0.05) is 5.56 Å². The van der Waals surface area contributed by atoms with Gasteiger partial charge < -0.3 is 0 Å². The highest BCUT2D eigenvalue weighted by Gasteiger charge is 2.33. The molecule has 0 spiro atoms. The average molecular weight is 271 g/mol. The van der Waals surface area contributed by atoms with Crippen LogP contribution >= 0.6 is 0 Å². The van der Waals surface area contributed by atoms with Crippen LogP contribution in [0.15, 0.2) is 18.5 Å². The zero-order valence-corrected chi connectivity index (χ0v) is 9.19. The van der Waals surface area contributed by atoms with Crippen LogP contribution in [0, 0.1) is 17.1 Å². The molecule has 0 N–H and O–H groups in total. The summed E-state index contributed by atoms with van der Waals surface area (Å²) in [6, 6.07) is 2.30. The molecule has 0 radical (unpaired) electrons. The van der Waals surface area contributed by atoms with Crippen LogP contribution < -0.4 is 0 Å². The highest BCUT2D eigenvalue weighted by atomic mass is 19.4. The van der Waals surface area contributed by atoms with Crippen LogP contribution in [0.1, 0.15) is 17.0 Å². The van der Waals surface area contributed by atoms with Gasteiger partial charge in [-0.25, -0.2) is 14.1 Å². The molecule has 0 fully saturated rings. The number of pyridine rings is 1. The van der Waals surface area contributed by atoms with Gasteiger partial charge in [-0.15, -0.1) is 5.10 Å². The van der Waals surface area contributed by atoms with E-state index < -0.39 is 17.7 Å². The molecule has 0 aliphatic heterocycles. The molecule has 2 aromatic rings. The lowest BCUT2D eigenvalue weighted by atomic mass is 10.2. The molecule has 2 heterocycles. The van der Waals surface area contributed by atoms with E-state index in [1.165, 1.54) is 6.20 Å². The maximum atomic E-state index is 13.4. The van der Waals surface area contributed by atoms with Gasteiger partial charge in [0.2, 0.25) is 0 Å². The second-order valence-electron chi connectivity index (χ2n) is 3.57. The lowest BCUT2D eigenvalue weighted by Gasteiger charge is -2.08. The summed E-state index contributed by atoms with van der Waals surface area (Å²) in [4.78, 5) is 2.98. The molecule has 0 saturated carbocycles. The van der Waals surface area contributed by atoms with Crippen molar-refractivity contribution in [1.82, 2.24) is 20.0 Å². The lowest BCUT2D eigenvalue weighted by molar-refractivity contribution is -0.141. The zero-order chi connectivity index (χ0) is 14.0. The molecule has 2 rings (SSSR count). The fourth-order valence-electron chi connectivity index (χ4n) is 1.36. The maximum Gasteiger partial charge on any atom is 0.433 e. The van der Waals surface area contributed by atoms with Gasteiger partial charge in [0.05, 0.1) is 18.9 Å². The fraction of sp³-hybridized carbons (Fsp3) is 0.200. The molecule has 0 unspecified atom stereocenters. The summed E-state index contributed by atoms with van der Waals surface area (Å²) in [5.41, 5.74) is -1.44. The Morgan fingerprint density at radius 2 is 2.11 bits per heavy atom. The zero-order valence-electron chi connectivity index (χ0n) is 9.19. The summed E-state index contributed by atoms with van der Waals surface area (Å²) in [6.45, 7) is -0.272. The number of halogens is 4. The maximum absolute atomic E-state index is 13.4. The van der Waals surface area contributed by atoms with E-state index in [1.807, 2.05) is 0 Å². The van der Waals surface area contributed by atoms with Crippen molar-refractivity contribution in [2.24, 2.45) is 0 Å². The van der Waals surface area contributed by atoms with E-state index in [2.05, 4.69) is 15.3 Å². The minimum Gasteiger partial charge on any atom is -0.249 e. The van der Waals surface area contributed by atoms with Crippen molar-refractivity contribution in [1.29, 1.82) is 5.26 Å². The Bertz CT molecular complexity index is 640. The monoisotopic (exact) mass is 271 g/mol. The molecule has 9 heteroatoms. The van der Waals surface area contributed by atoms with Crippen molar-refractivity contribution < 1.29 is 17.6 Å². The Morgan fingerprint density at radius 1 is 1.37 bits per heavy atom. The summed E-state index contributed by atoms with van der Waals surface area (Å²) >= 11 is 0. The Balaban J connectivity index is 2.32. The van der Waals surface area contributed by atoms with Crippen LogP contribution in [0.2, 0.25) is 0 Å². The van der Waals surface area contributed by atoms with Crippen molar-refractivity contribution in [2.75, 3.05) is 0 Å². The van der Waals surface area contributed by atoms with Gasteiger partial charge >= 0.3 is 6.18 Å². The second-order valence-corrected chi connectivity index (χ2v) is 3.57. The van der Waals surface area contributed by atoms with E-state index >= 15 is 0 Å². The number of hydrogen-bond acceptors (Lipinski definition) is 4. The molecule has 0 saturated heterocycles. The quantitative estimate of drug-likeness (QED) is 0.780. The number of alkyl halides is 3. The molecular weight excluding hydrogens is 266 g/mol. The van der Waals surface area contributed by atoms with E-state index in [0.717, 1.165) is 4.68 Å². The van der Waals surface area contributed by atoms with E-state index in [-0.39, 0.29) is 17.8 Å². The van der Waals surface area contributed by atoms with Crippen molar-refractivity contribution >= 4 is 0 Å². The third-order valence-electron chi connectivity index (χ3n) is 2.21. The van der Waals surface area contributed by atoms with Crippen LogP contribution in [0.5, 0.6) is 0 Å². The fourth-order valence-corrected chi connectivity index (χ4v) is 1.36. The second kappa shape index (κ2) is 4.64. The van der Waals surface area contributed by atoms with Gasteiger partial charge in [-0.3, -0.25) is 0 Å². The van der Waals surface area contributed by atoms with Crippen LogP contribution in [0.4, 0.5) is 17.6 Å². The summed E-state index contributed by atoms with van der Waals surface area (Å²) < 4.78 is 51.7. The number of rotatable bonds is 2. The van der Waals surface area contributed by atoms with Crippen molar-refractivity contribution in [3.63, 3.8) is 0 Å². The third-order valence-corrected chi connectivity index (χ3v) is 2.21. The SMILES string of the molecule is N#Cc1cn(Cc2cc(C(F)(F)F)ncc2F)nn1. The van der Waals surface area contributed by atoms with Gasteiger partial charge in [0.15, 0.2) is 5.69 Å². The molecule has 0 aliphatic carbocycles. The standard InChI is InChI=1S/C10H5F4N5/c11-8-3-16-9(10(12,13)14)1-6(8)4-19-5-7(2-15)17-18-19/h1,3,5H,4H2. The molecule has 0 bridgehead atoms. The van der Waals surface area contributed by atoms with E-state index in [1.54, 1.807) is 6.07 Å². The highest BCUT2D eigenvalue weighted by molar-refractivity contribution is 5.21. The molecule has 5 nitrogen and oxygen atoms in total. The number of nitriles is 1. The number of aromatic nitrogens is 4. The first-order valence-electron chi connectivity index (χ1n) is 4.92. The largest absolute Gasteiger partial charge is 0.433 e. The van der Waals surface area contributed by atoms with E-state index in [0.29, 0.717) is 12.3 Å². The average Bonchev–Trinajstić information content (AvgIpc) is 2.78. The summed E-state index contributed by atoms with van der Waals surface area (Å²) in [5.74, 6) is -0.887. The van der Waals surface area contributed by atoms with Crippen LogP contribution in [-0.2, 0) is 12.7 Å². The minimum absolute atomic E-state index is 0.00879. The van der Waals surface area contributed by atoms with Gasteiger partial charge in [-0.1, -0.05) is 5.21 Å². The topological polar surface area (TPSA) is 67.4 Å². The predicted octanol–water partition coefficient (Wildman–Crippen LogP) is 1.75. The van der Waals surface area contributed by atoms with Crippen molar-refractivity contribution in [2.45, 2.75) is 12.7 Å². The Labute approximate surface area is 104 Å². The first kappa shape index (κ1) is 12.9. The molecule has 19 heavy (non-hydrogen) atoms. The molecule has 0 aliphatic rings. The van der Waals surface area contributed by atoms with Crippen LogP contribution in [0.3, 0.4) is 0 Å². The van der Waals surface area contributed by atoms with E-state index in [4.69, 9.17) is 5.26 Å². The molecule has 0 amide bonds. The number of hydrogen-bond donors (Lipinski definition) is 0. The highest BCUT2D eigenvalue weighted by Crippen LogP contribution is 2.28. The Morgan fingerprint density at radius 3 is 2.68 bits per heavy atom. The minimum atomic E-state index is -4.65. The van der Waals surface area contributed by atoms with Gasteiger partial charge in [0.25, 0.3) is 0 Å². The third kappa shape index (κ3) is 2.85. The Kier molecular flexibility index (Phi) is 3.16. The smallest absolute Gasteiger partial charge is 0.249 e. The predicted molar refractivity (Wildman–Crippen MR) is 53.0 cm³/mol. The first-order valence-corrected chi connectivity index (χ1v) is 4.92. The first-order chi connectivity index (χ1) is 8.90. The van der Waals surface area contributed by atoms with Crippen molar-refractivity contribution in [3.8, 4) is 6.07 Å². The van der Waals surface area contributed by atoms with Crippen LogP contribution in [0.25, 0.3) is 0 Å². The molecule has 0 atom stereocenters. The normalized spacial score (nSPS) is 11.3. The Hall–Kier alpha value is -2.50. The van der Waals surface area contributed by atoms with Gasteiger partial charge in [0.1, 0.15) is 17.6 Å². The van der Waals surface area contributed by atoms with Crippen molar-refractivity contribution in [3.05, 3.63) is 41.2 Å². The molecule has 2 aromatic heterocycles. The van der Waals surface area contributed by atoms with Gasteiger partial charge in [-0.2, -0.15) is 18.4 Å². The summed E-state index contributed by atoms with van der Waals surface area (Å²) in [6.07, 6.45) is -2.95. The molecule has 98 valence electrons. The lowest BCUT2D eigenvalue weighted by Crippen LogP contribution is -2.11. The number of nitrogens with zero attached hydrogens (tertiary/aromatic N) is 5. The van der Waals surface area contributed by atoms with Gasteiger partial charge in [-0.05, 0) is 6.07 Å². The molecular formula is C10H5F4N5. The summed E-state index contributed by atoms with van der Waals surface area (Å²) in [7, 11) is 0. The van der Waals surface area contributed by atoms with Crippen LogP contribution in [-0.4, -0.2) is 20.0 Å². The molecule has 0 aromatic carbocycles.